The standard InChI is InChI=1S/C31H41N3O5/c1-17-13-18(2)15-21(14-17)32-28(35)25-24-10-11-31(39-24)26(25)30(37)34(16-22-8-6-12-38-22)27(31)29(36)33-23-9-5-7-19(3)20(23)4/h10-11,13-15,19-20,22-27H,5-9,12,16H2,1-4H3,(H,32,35)(H,33,36)/t19-,20+,22-,23+,24+,25-,26+,27+,31+/m0/s1. The lowest BCUT2D eigenvalue weighted by Crippen LogP contribution is -2.58. The van der Waals surface area contributed by atoms with E-state index >= 15 is 0 Å². The van der Waals surface area contributed by atoms with Crippen LogP contribution in [0.1, 0.15) is 57.1 Å². The van der Waals surface area contributed by atoms with Gasteiger partial charge in [-0.3, -0.25) is 14.4 Å². The second-order valence-electron chi connectivity index (χ2n) is 12.6. The predicted octanol–water partition coefficient (Wildman–Crippen LogP) is 3.51. The lowest BCUT2D eigenvalue weighted by atomic mass is 9.73. The van der Waals surface area contributed by atoms with E-state index in [-0.39, 0.29) is 29.9 Å². The summed E-state index contributed by atoms with van der Waals surface area (Å²) < 4.78 is 12.4. The number of hydrogen-bond donors (Lipinski definition) is 2. The fourth-order valence-electron chi connectivity index (χ4n) is 7.79. The van der Waals surface area contributed by atoms with Crippen molar-refractivity contribution in [3.63, 3.8) is 0 Å². The Kier molecular flexibility index (Phi) is 6.82. The molecule has 39 heavy (non-hydrogen) atoms. The predicted molar refractivity (Wildman–Crippen MR) is 147 cm³/mol. The molecule has 5 aliphatic rings. The molecule has 1 aromatic rings. The van der Waals surface area contributed by atoms with Crippen molar-refractivity contribution in [3.8, 4) is 0 Å². The number of likely N-dealkylation sites (tertiary alicyclic amines) is 1. The average molecular weight is 536 g/mol. The van der Waals surface area contributed by atoms with Crippen molar-refractivity contribution in [1.82, 2.24) is 10.2 Å². The van der Waals surface area contributed by atoms with Crippen LogP contribution in [-0.4, -0.2) is 65.7 Å². The minimum atomic E-state index is -1.15. The van der Waals surface area contributed by atoms with Gasteiger partial charge < -0.3 is 25.0 Å². The number of carbonyl (C=O) groups excluding carboxylic acids is 3. The highest BCUT2D eigenvalue weighted by molar-refractivity contribution is 6.02. The number of nitrogens with one attached hydrogen (secondary N) is 2. The van der Waals surface area contributed by atoms with Gasteiger partial charge in [-0.1, -0.05) is 44.9 Å². The third kappa shape index (κ3) is 4.49. The minimum Gasteiger partial charge on any atom is -0.376 e. The van der Waals surface area contributed by atoms with E-state index in [1.165, 1.54) is 0 Å². The van der Waals surface area contributed by atoms with Crippen LogP contribution in [0, 0.1) is 37.5 Å². The van der Waals surface area contributed by atoms with E-state index in [0.717, 1.165) is 43.2 Å². The third-order valence-electron chi connectivity index (χ3n) is 9.87. The largest absolute Gasteiger partial charge is 0.376 e. The van der Waals surface area contributed by atoms with Crippen molar-refractivity contribution in [3.05, 3.63) is 41.5 Å². The number of aryl methyl sites for hydroxylation is 2. The van der Waals surface area contributed by atoms with Crippen LogP contribution in [-0.2, 0) is 23.9 Å². The molecule has 1 aliphatic carbocycles. The first kappa shape index (κ1) is 26.5. The van der Waals surface area contributed by atoms with Crippen LogP contribution in [0.2, 0.25) is 0 Å². The zero-order valence-corrected chi connectivity index (χ0v) is 23.4. The van der Waals surface area contributed by atoms with Gasteiger partial charge in [0.25, 0.3) is 0 Å². The Morgan fingerprint density at radius 3 is 2.54 bits per heavy atom. The molecule has 210 valence electrons. The Morgan fingerprint density at radius 2 is 1.82 bits per heavy atom. The van der Waals surface area contributed by atoms with Crippen LogP contribution in [0.4, 0.5) is 5.69 Å². The Balaban J connectivity index is 1.30. The topological polar surface area (TPSA) is 97.0 Å². The van der Waals surface area contributed by atoms with Crippen LogP contribution in [0.3, 0.4) is 0 Å². The fourth-order valence-corrected chi connectivity index (χ4v) is 7.79. The molecule has 0 aromatic heterocycles. The van der Waals surface area contributed by atoms with E-state index < -0.39 is 29.6 Å². The van der Waals surface area contributed by atoms with Crippen molar-refractivity contribution in [2.75, 3.05) is 18.5 Å². The molecule has 2 bridgehead atoms. The van der Waals surface area contributed by atoms with E-state index in [0.29, 0.717) is 30.7 Å². The molecule has 8 heteroatoms. The van der Waals surface area contributed by atoms with Gasteiger partial charge >= 0.3 is 0 Å². The van der Waals surface area contributed by atoms with Gasteiger partial charge in [-0.05, 0) is 68.2 Å². The maximum Gasteiger partial charge on any atom is 0.246 e. The average Bonchev–Trinajstić information content (AvgIpc) is 3.64. The number of fused-ring (bicyclic) bond motifs is 1. The summed E-state index contributed by atoms with van der Waals surface area (Å²) in [6, 6.07) is 5.13. The molecular weight excluding hydrogens is 494 g/mol. The summed E-state index contributed by atoms with van der Waals surface area (Å²) in [6.07, 6.45) is 8.06. The number of hydrogen-bond acceptors (Lipinski definition) is 5. The van der Waals surface area contributed by atoms with Crippen LogP contribution < -0.4 is 10.6 Å². The van der Waals surface area contributed by atoms with Gasteiger partial charge in [0.1, 0.15) is 11.6 Å². The van der Waals surface area contributed by atoms with E-state index in [1.54, 1.807) is 4.90 Å². The van der Waals surface area contributed by atoms with Gasteiger partial charge in [0.05, 0.1) is 24.0 Å². The molecule has 2 N–H and O–H groups in total. The Bertz CT molecular complexity index is 1170. The number of carbonyl (C=O) groups is 3. The van der Waals surface area contributed by atoms with E-state index in [4.69, 9.17) is 9.47 Å². The molecule has 8 nitrogen and oxygen atoms in total. The first-order chi connectivity index (χ1) is 18.7. The molecule has 4 fully saturated rings. The number of amides is 3. The van der Waals surface area contributed by atoms with Gasteiger partial charge in [0.15, 0.2) is 0 Å². The van der Waals surface area contributed by atoms with Gasteiger partial charge in [0.2, 0.25) is 17.7 Å². The summed E-state index contributed by atoms with van der Waals surface area (Å²) in [7, 11) is 0. The summed E-state index contributed by atoms with van der Waals surface area (Å²) in [6.45, 7) is 9.41. The fraction of sp³-hybridized carbons (Fsp3) is 0.645. The summed E-state index contributed by atoms with van der Waals surface area (Å²) in [5, 5.41) is 6.35. The Labute approximate surface area is 230 Å². The molecule has 3 amide bonds. The van der Waals surface area contributed by atoms with Crippen molar-refractivity contribution in [1.29, 1.82) is 0 Å². The first-order valence-electron chi connectivity index (χ1n) is 14.7. The van der Waals surface area contributed by atoms with E-state index in [9.17, 15) is 14.4 Å². The minimum absolute atomic E-state index is 0.0580. The number of anilines is 1. The molecule has 1 aromatic carbocycles. The monoisotopic (exact) mass is 535 g/mol. The van der Waals surface area contributed by atoms with Crippen LogP contribution in [0.15, 0.2) is 30.4 Å². The summed E-state index contributed by atoms with van der Waals surface area (Å²) in [5.74, 6) is -1.20. The summed E-state index contributed by atoms with van der Waals surface area (Å²) >= 11 is 0. The zero-order chi connectivity index (χ0) is 27.5. The zero-order valence-electron chi connectivity index (χ0n) is 23.4. The van der Waals surface area contributed by atoms with Crippen molar-refractivity contribution < 1.29 is 23.9 Å². The maximum absolute atomic E-state index is 14.2. The molecule has 0 radical (unpaired) electrons. The van der Waals surface area contributed by atoms with Crippen LogP contribution in [0.25, 0.3) is 0 Å². The second kappa shape index (κ2) is 10.0. The lowest BCUT2D eigenvalue weighted by Gasteiger charge is -2.38. The highest BCUT2D eigenvalue weighted by Crippen LogP contribution is 2.55. The summed E-state index contributed by atoms with van der Waals surface area (Å²) in [5.41, 5.74) is 1.65. The Morgan fingerprint density at radius 1 is 1.05 bits per heavy atom. The van der Waals surface area contributed by atoms with Crippen molar-refractivity contribution in [2.45, 2.75) is 89.7 Å². The molecule has 1 saturated carbocycles. The maximum atomic E-state index is 14.2. The number of benzene rings is 1. The van der Waals surface area contributed by atoms with Gasteiger partial charge in [-0.25, -0.2) is 0 Å². The molecular formula is C31H41N3O5. The molecule has 4 heterocycles. The quantitative estimate of drug-likeness (QED) is 0.544. The van der Waals surface area contributed by atoms with Crippen LogP contribution in [0.5, 0.6) is 0 Å². The number of rotatable bonds is 6. The van der Waals surface area contributed by atoms with E-state index in [1.807, 2.05) is 38.1 Å². The van der Waals surface area contributed by atoms with Crippen LogP contribution >= 0.6 is 0 Å². The second-order valence-corrected chi connectivity index (χ2v) is 12.6. The third-order valence-corrected chi connectivity index (χ3v) is 9.87. The molecule has 3 saturated heterocycles. The van der Waals surface area contributed by atoms with Crippen molar-refractivity contribution >= 4 is 23.4 Å². The molecule has 0 unspecified atom stereocenters. The summed E-state index contributed by atoms with van der Waals surface area (Å²) in [4.78, 5) is 43.6. The Hall–Kier alpha value is -2.71. The smallest absolute Gasteiger partial charge is 0.246 e. The highest BCUT2D eigenvalue weighted by Gasteiger charge is 2.73. The highest BCUT2D eigenvalue weighted by atomic mass is 16.5. The van der Waals surface area contributed by atoms with Gasteiger partial charge in [-0.15, -0.1) is 0 Å². The normalized spacial score (nSPS) is 38.8. The molecule has 9 atom stereocenters. The number of nitrogens with zero attached hydrogens (tertiary/aromatic N) is 1. The van der Waals surface area contributed by atoms with Gasteiger partial charge in [-0.2, -0.15) is 0 Å². The van der Waals surface area contributed by atoms with Crippen molar-refractivity contribution in [2.24, 2.45) is 23.7 Å². The first-order valence-corrected chi connectivity index (χ1v) is 14.7. The van der Waals surface area contributed by atoms with Gasteiger partial charge in [0, 0.05) is 24.9 Å². The van der Waals surface area contributed by atoms with E-state index in [2.05, 4.69) is 30.5 Å². The SMILES string of the molecule is Cc1cc(C)cc(NC(=O)[C@H]2[C@H]3C=C[C@@]4(O3)[C@H]2C(=O)N(C[C@@H]2CCCO2)[C@@H]4C(=O)N[C@@H]2CCC[C@H](C)[C@H]2C)c1. The molecule has 6 rings (SSSR count). The lowest BCUT2D eigenvalue weighted by molar-refractivity contribution is -0.143. The number of ether oxygens (including phenoxy) is 2. The molecule has 4 aliphatic heterocycles. The molecule has 1 spiro atoms.